The lowest BCUT2D eigenvalue weighted by molar-refractivity contribution is 0.0977. The molecule has 0 atom stereocenters. The number of thiocarbonyl (C=S) groups is 1. The number of halogens is 1. The Bertz CT molecular complexity index is 752. The van der Waals surface area contributed by atoms with Crippen molar-refractivity contribution in [2.24, 2.45) is 0 Å². The Morgan fingerprint density at radius 3 is 2.69 bits per heavy atom. The van der Waals surface area contributed by atoms with E-state index in [0.717, 1.165) is 21.4 Å². The van der Waals surface area contributed by atoms with Crippen LogP contribution < -0.4 is 15.4 Å². The van der Waals surface area contributed by atoms with Crippen molar-refractivity contribution in [3.63, 3.8) is 0 Å². The lowest BCUT2D eigenvalue weighted by atomic mass is 10.2. The molecule has 0 radical (unpaired) electrons. The fourth-order valence-corrected chi connectivity index (χ4v) is 3.20. The van der Waals surface area contributed by atoms with Gasteiger partial charge in [0.1, 0.15) is 5.75 Å². The first-order valence-electron chi connectivity index (χ1n) is 8.70. The molecule has 2 N–H and O–H groups in total. The number of amides is 1. The Labute approximate surface area is 173 Å². The number of unbranched alkanes of at least 4 members (excludes halogenated alkanes) is 3. The average Bonchev–Trinajstić information content (AvgIpc) is 2.62. The second-order valence-corrected chi connectivity index (χ2v) is 7.40. The summed E-state index contributed by atoms with van der Waals surface area (Å²) < 4.78 is 6.65. The number of ether oxygens (including phenoxy) is 1. The van der Waals surface area contributed by atoms with Crippen molar-refractivity contribution in [1.82, 2.24) is 5.32 Å². The summed E-state index contributed by atoms with van der Waals surface area (Å²) in [5.41, 5.74) is 1.38. The molecule has 2 rings (SSSR count). The minimum atomic E-state index is -0.226. The van der Waals surface area contributed by atoms with Crippen molar-refractivity contribution >= 4 is 51.5 Å². The molecule has 1 amide bonds. The van der Waals surface area contributed by atoms with Crippen molar-refractivity contribution in [2.45, 2.75) is 32.6 Å². The second kappa shape index (κ2) is 11.1. The lowest BCUT2D eigenvalue weighted by Crippen LogP contribution is -2.34. The van der Waals surface area contributed by atoms with E-state index in [1.54, 1.807) is 6.07 Å². The van der Waals surface area contributed by atoms with Crippen LogP contribution in [-0.4, -0.2) is 17.6 Å². The molecule has 26 heavy (non-hydrogen) atoms. The Kier molecular flexibility index (Phi) is 8.84. The highest BCUT2D eigenvalue weighted by molar-refractivity contribution is 14.1. The second-order valence-electron chi connectivity index (χ2n) is 5.83. The van der Waals surface area contributed by atoms with Gasteiger partial charge in [-0.25, -0.2) is 0 Å². The topological polar surface area (TPSA) is 50.4 Å². The zero-order chi connectivity index (χ0) is 18.8. The van der Waals surface area contributed by atoms with E-state index in [1.807, 2.05) is 42.5 Å². The summed E-state index contributed by atoms with van der Waals surface area (Å²) in [5, 5.41) is 6.00. The lowest BCUT2D eigenvalue weighted by Gasteiger charge is -2.12. The molecule has 138 valence electrons. The van der Waals surface area contributed by atoms with Gasteiger partial charge in [-0.1, -0.05) is 44.4 Å². The van der Waals surface area contributed by atoms with Crippen LogP contribution in [0.15, 0.2) is 48.5 Å². The number of nitrogens with one attached hydrogen (secondary N) is 2. The molecule has 0 aliphatic rings. The van der Waals surface area contributed by atoms with Crippen LogP contribution in [0.25, 0.3) is 0 Å². The molecular formula is C20H23IN2O2S. The number of anilines is 1. The standard InChI is InChI=1S/C20H23IN2O2S/c1-2-3-4-7-13-25-16-10-8-9-15(14-16)22-20(26)23-19(24)17-11-5-6-12-18(17)21/h5-6,8-12,14H,2-4,7,13H2,1H3,(H2,22,23,24,26). The molecule has 4 nitrogen and oxygen atoms in total. The molecule has 2 aromatic carbocycles. The zero-order valence-corrected chi connectivity index (χ0v) is 17.7. The summed E-state index contributed by atoms with van der Waals surface area (Å²) in [4.78, 5) is 12.3. The third kappa shape index (κ3) is 6.92. The van der Waals surface area contributed by atoms with E-state index in [0.29, 0.717) is 12.2 Å². The van der Waals surface area contributed by atoms with Crippen LogP contribution in [0.1, 0.15) is 43.0 Å². The number of carbonyl (C=O) groups is 1. The fourth-order valence-electron chi connectivity index (χ4n) is 2.36. The smallest absolute Gasteiger partial charge is 0.258 e. The van der Waals surface area contributed by atoms with Crippen LogP contribution >= 0.6 is 34.8 Å². The molecular weight excluding hydrogens is 459 g/mol. The molecule has 2 aromatic rings. The van der Waals surface area contributed by atoms with Gasteiger partial charge in [-0.15, -0.1) is 0 Å². The highest BCUT2D eigenvalue weighted by Gasteiger charge is 2.11. The van der Waals surface area contributed by atoms with Crippen molar-refractivity contribution < 1.29 is 9.53 Å². The van der Waals surface area contributed by atoms with Crippen molar-refractivity contribution in [1.29, 1.82) is 0 Å². The van der Waals surface area contributed by atoms with Crippen molar-refractivity contribution in [2.75, 3.05) is 11.9 Å². The van der Waals surface area contributed by atoms with E-state index in [4.69, 9.17) is 17.0 Å². The van der Waals surface area contributed by atoms with Gasteiger partial charge in [-0.3, -0.25) is 10.1 Å². The van der Waals surface area contributed by atoms with E-state index in [9.17, 15) is 4.79 Å². The monoisotopic (exact) mass is 482 g/mol. The van der Waals surface area contributed by atoms with Crippen LogP contribution in [-0.2, 0) is 0 Å². The van der Waals surface area contributed by atoms with E-state index in [-0.39, 0.29) is 11.0 Å². The summed E-state index contributed by atoms with van der Waals surface area (Å²) in [6.45, 7) is 2.90. The highest BCUT2D eigenvalue weighted by atomic mass is 127. The summed E-state index contributed by atoms with van der Waals surface area (Å²) in [6, 6.07) is 14.9. The minimum Gasteiger partial charge on any atom is -0.494 e. The van der Waals surface area contributed by atoms with Gasteiger partial charge < -0.3 is 10.1 Å². The van der Waals surface area contributed by atoms with Gasteiger partial charge in [0.25, 0.3) is 5.91 Å². The number of carbonyl (C=O) groups excluding carboxylic acids is 1. The van der Waals surface area contributed by atoms with Gasteiger partial charge in [-0.2, -0.15) is 0 Å². The zero-order valence-electron chi connectivity index (χ0n) is 14.8. The molecule has 0 fully saturated rings. The van der Waals surface area contributed by atoms with Crippen molar-refractivity contribution in [3.05, 3.63) is 57.7 Å². The molecule has 0 bridgehead atoms. The van der Waals surface area contributed by atoms with E-state index in [2.05, 4.69) is 40.1 Å². The molecule has 0 unspecified atom stereocenters. The SMILES string of the molecule is CCCCCCOc1cccc(NC(=S)NC(=O)c2ccccc2I)c1. The maximum absolute atomic E-state index is 12.3. The van der Waals surface area contributed by atoms with Gasteiger partial charge in [0.2, 0.25) is 0 Å². The van der Waals surface area contributed by atoms with Crippen LogP contribution in [0, 0.1) is 3.57 Å². The van der Waals surface area contributed by atoms with Gasteiger partial charge in [0.05, 0.1) is 12.2 Å². The van der Waals surface area contributed by atoms with Crippen LogP contribution in [0.2, 0.25) is 0 Å². The van der Waals surface area contributed by atoms with Gasteiger partial charge in [0.15, 0.2) is 5.11 Å². The average molecular weight is 482 g/mol. The minimum absolute atomic E-state index is 0.226. The molecule has 0 spiro atoms. The normalized spacial score (nSPS) is 10.2. The highest BCUT2D eigenvalue weighted by Crippen LogP contribution is 2.18. The fraction of sp³-hybridized carbons (Fsp3) is 0.300. The molecule has 0 aliphatic carbocycles. The Morgan fingerprint density at radius 1 is 1.12 bits per heavy atom. The maximum Gasteiger partial charge on any atom is 0.258 e. The molecule has 6 heteroatoms. The molecule has 0 aliphatic heterocycles. The summed E-state index contributed by atoms with van der Waals surface area (Å²) in [7, 11) is 0. The first kappa shape index (κ1) is 20.6. The number of hydrogen-bond donors (Lipinski definition) is 2. The first-order chi connectivity index (χ1) is 12.6. The number of hydrogen-bond acceptors (Lipinski definition) is 3. The van der Waals surface area contributed by atoms with Crippen molar-refractivity contribution in [3.8, 4) is 5.75 Å². The number of rotatable bonds is 8. The largest absolute Gasteiger partial charge is 0.494 e. The van der Waals surface area contributed by atoms with Gasteiger partial charge in [0, 0.05) is 15.3 Å². The summed E-state index contributed by atoms with van der Waals surface area (Å²) in [6.07, 6.45) is 4.68. The predicted octanol–water partition coefficient (Wildman–Crippen LogP) is 5.38. The van der Waals surface area contributed by atoms with Crippen LogP contribution in [0.5, 0.6) is 5.75 Å². The van der Waals surface area contributed by atoms with Crippen LogP contribution in [0.4, 0.5) is 5.69 Å². The van der Waals surface area contributed by atoms with E-state index < -0.39 is 0 Å². The third-order valence-electron chi connectivity index (χ3n) is 3.70. The Balaban J connectivity index is 1.86. The summed E-state index contributed by atoms with van der Waals surface area (Å²) >= 11 is 7.38. The third-order valence-corrected chi connectivity index (χ3v) is 4.85. The molecule has 0 saturated heterocycles. The van der Waals surface area contributed by atoms with Gasteiger partial charge in [-0.05, 0) is 65.5 Å². The molecule has 0 heterocycles. The summed E-state index contributed by atoms with van der Waals surface area (Å²) in [5.74, 6) is 0.564. The van der Waals surface area contributed by atoms with Gasteiger partial charge >= 0.3 is 0 Å². The maximum atomic E-state index is 12.3. The van der Waals surface area contributed by atoms with E-state index in [1.165, 1.54) is 19.3 Å². The van der Waals surface area contributed by atoms with Crippen LogP contribution in [0.3, 0.4) is 0 Å². The molecule has 0 saturated carbocycles. The first-order valence-corrected chi connectivity index (χ1v) is 10.2. The number of benzene rings is 2. The Hall–Kier alpha value is -1.67. The molecule has 0 aromatic heterocycles. The quantitative estimate of drug-likeness (QED) is 0.302. The Morgan fingerprint density at radius 2 is 1.92 bits per heavy atom. The predicted molar refractivity (Wildman–Crippen MR) is 119 cm³/mol. The van der Waals surface area contributed by atoms with E-state index >= 15 is 0 Å².